The number of nitrogens with one attached hydrogen (secondary N) is 1. The van der Waals surface area contributed by atoms with Crippen LogP contribution in [-0.4, -0.2) is 61.5 Å². The minimum atomic E-state index is 0.305. The smallest absolute Gasteiger partial charge is 0.236 e. The van der Waals surface area contributed by atoms with E-state index >= 15 is 0 Å². The van der Waals surface area contributed by atoms with E-state index in [4.69, 9.17) is 0 Å². The van der Waals surface area contributed by atoms with Crippen LogP contribution in [0.25, 0.3) is 6.08 Å². The lowest BCUT2D eigenvalue weighted by Gasteiger charge is -2.33. The van der Waals surface area contributed by atoms with Crippen LogP contribution >= 0.6 is 0 Å². The lowest BCUT2D eigenvalue weighted by atomic mass is 9.94. The Hall–Kier alpha value is -1.65. The number of carbonyl (C=O) groups excluding carboxylic acids is 1. The molecule has 0 bridgehead atoms. The van der Waals surface area contributed by atoms with Crippen molar-refractivity contribution >= 4 is 12.0 Å². The van der Waals surface area contributed by atoms with Crippen molar-refractivity contribution in [1.82, 2.24) is 15.1 Å². The third-order valence-corrected chi connectivity index (χ3v) is 5.54. The van der Waals surface area contributed by atoms with Gasteiger partial charge < -0.3 is 10.2 Å². The van der Waals surface area contributed by atoms with Crippen LogP contribution in [0.1, 0.15) is 29.5 Å². The number of piperidine rings is 1. The van der Waals surface area contributed by atoms with Gasteiger partial charge in [0.2, 0.25) is 5.91 Å². The molecule has 25 heavy (non-hydrogen) atoms. The number of nitrogens with zero attached hydrogens (tertiary/aromatic N) is 2. The highest BCUT2D eigenvalue weighted by Crippen LogP contribution is 2.22. The zero-order chi connectivity index (χ0) is 17.6. The summed E-state index contributed by atoms with van der Waals surface area (Å²) in [7, 11) is 0. The third-order valence-electron chi connectivity index (χ3n) is 5.54. The highest BCUT2D eigenvalue weighted by atomic mass is 16.2. The molecule has 1 aromatic rings. The molecule has 2 aliphatic heterocycles. The molecule has 0 atom stereocenters. The first-order chi connectivity index (χ1) is 12.1. The monoisotopic (exact) mass is 341 g/mol. The summed E-state index contributed by atoms with van der Waals surface area (Å²) >= 11 is 0. The normalized spacial score (nSPS) is 20.3. The summed E-state index contributed by atoms with van der Waals surface area (Å²) in [4.78, 5) is 16.8. The van der Waals surface area contributed by atoms with Gasteiger partial charge >= 0.3 is 0 Å². The Morgan fingerprint density at radius 3 is 2.40 bits per heavy atom. The second-order valence-electron chi connectivity index (χ2n) is 7.41. The molecule has 0 spiro atoms. The van der Waals surface area contributed by atoms with Gasteiger partial charge in [0.15, 0.2) is 0 Å². The number of aryl methyl sites for hydroxylation is 2. The highest BCUT2D eigenvalue weighted by molar-refractivity contribution is 5.78. The molecule has 4 heteroatoms. The van der Waals surface area contributed by atoms with Gasteiger partial charge in [-0.3, -0.25) is 9.69 Å². The van der Waals surface area contributed by atoms with Crippen LogP contribution in [0.15, 0.2) is 24.3 Å². The first kappa shape index (κ1) is 18.2. The summed E-state index contributed by atoms with van der Waals surface area (Å²) in [5, 5.41) is 3.33. The molecule has 4 nitrogen and oxygen atoms in total. The van der Waals surface area contributed by atoms with Gasteiger partial charge in [-0.05, 0) is 49.3 Å². The fourth-order valence-electron chi connectivity index (χ4n) is 3.82. The Bertz CT molecular complexity index is 591. The number of rotatable bonds is 4. The second kappa shape index (κ2) is 8.63. The fraction of sp³-hybridized carbons (Fsp3) is 0.571. The van der Waals surface area contributed by atoms with Crippen molar-refractivity contribution in [3.63, 3.8) is 0 Å². The molecule has 0 saturated carbocycles. The van der Waals surface area contributed by atoms with Crippen LogP contribution in [-0.2, 0) is 4.79 Å². The van der Waals surface area contributed by atoms with Gasteiger partial charge in [-0.25, -0.2) is 0 Å². The number of carbonyl (C=O) groups is 1. The molecule has 3 rings (SSSR count). The Balaban J connectivity index is 1.48. The number of hydrogen-bond donors (Lipinski definition) is 1. The third kappa shape index (κ3) is 4.93. The summed E-state index contributed by atoms with van der Waals surface area (Å²) in [6.45, 7) is 10.7. The summed E-state index contributed by atoms with van der Waals surface area (Å²) in [6.07, 6.45) is 6.80. The molecular weight excluding hydrogens is 310 g/mol. The molecule has 136 valence electrons. The molecule has 1 N–H and O–H groups in total. The van der Waals surface area contributed by atoms with E-state index in [0.717, 1.165) is 52.1 Å². The molecule has 0 unspecified atom stereocenters. The van der Waals surface area contributed by atoms with E-state index < -0.39 is 0 Å². The fourth-order valence-corrected chi connectivity index (χ4v) is 3.82. The van der Waals surface area contributed by atoms with Gasteiger partial charge in [-0.2, -0.15) is 0 Å². The van der Waals surface area contributed by atoms with Crippen LogP contribution in [0.5, 0.6) is 0 Å². The highest BCUT2D eigenvalue weighted by Gasteiger charge is 2.23. The van der Waals surface area contributed by atoms with Gasteiger partial charge in [-0.15, -0.1) is 0 Å². The van der Waals surface area contributed by atoms with E-state index in [1.807, 2.05) is 0 Å². The topological polar surface area (TPSA) is 35.6 Å². The van der Waals surface area contributed by atoms with Crippen molar-refractivity contribution in [3.05, 3.63) is 41.0 Å². The first-order valence-corrected chi connectivity index (χ1v) is 9.59. The predicted octanol–water partition coefficient (Wildman–Crippen LogP) is 2.46. The molecule has 2 heterocycles. The maximum Gasteiger partial charge on any atom is 0.236 e. The van der Waals surface area contributed by atoms with Crippen LogP contribution in [0.4, 0.5) is 0 Å². The van der Waals surface area contributed by atoms with Crippen LogP contribution in [0, 0.1) is 19.8 Å². The van der Waals surface area contributed by atoms with Crippen molar-refractivity contribution in [2.24, 2.45) is 5.92 Å². The minimum absolute atomic E-state index is 0.305. The van der Waals surface area contributed by atoms with E-state index in [2.05, 4.69) is 59.3 Å². The van der Waals surface area contributed by atoms with Crippen molar-refractivity contribution in [2.45, 2.75) is 26.7 Å². The number of allylic oxidation sites excluding steroid dienone is 1. The number of benzene rings is 1. The molecule has 2 fully saturated rings. The average Bonchev–Trinajstić information content (AvgIpc) is 2.62. The molecule has 2 aliphatic rings. The van der Waals surface area contributed by atoms with Crippen molar-refractivity contribution in [3.8, 4) is 0 Å². The Kier molecular flexibility index (Phi) is 6.27. The van der Waals surface area contributed by atoms with Gasteiger partial charge in [0.1, 0.15) is 0 Å². The standard InChI is InChI=1S/C21H31N3O/c1-17-4-3-5-18(2)20(17)7-6-19-8-12-24(13-9-19)21(25)16-23-14-10-22-11-15-23/h3-7,19,22H,8-16H2,1-2H3. The number of amides is 1. The number of piperazine rings is 1. The van der Waals surface area contributed by atoms with Crippen molar-refractivity contribution in [1.29, 1.82) is 0 Å². The number of hydrogen-bond acceptors (Lipinski definition) is 3. The molecule has 0 aromatic heterocycles. The SMILES string of the molecule is Cc1cccc(C)c1C=CC1CCN(C(=O)CN2CCNCC2)CC1. The quantitative estimate of drug-likeness (QED) is 0.914. The second-order valence-corrected chi connectivity index (χ2v) is 7.41. The van der Waals surface area contributed by atoms with Crippen LogP contribution < -0.4 is 5.32 Å². The summed E-state index contributed by atoms with van der Waals surface area (Å²) < 4.78 is 0. The lowest BCUT2D eigenvalue weighted by Crippen LogP contribution is -2.49. The van der Waals surface area contributed by atoms with E-state index in [1.54, 1.807) is 0 Å². The predicted molar refractivity (Wildman–Crippen MR) is 104 cm³/mol. The maximum absolute atomic E-state index is 12.5. The van der Waals surface area contributed by atoms with E-state index in [-0.39, 0.29) is 0 Å². The van der Waals surface area contributed by atoms with E-state index in [0.29, 0.717) is 18.4 Å². The van der Waals surface area contributed by atoms with E-state index in [9.17, 15) is 4.79 Å². The number of likely N-dealkylation sites (tertiary alicyclic amines) is 1. The molecular formula is C21H31N3O. The van der Waals surface area contributed by atoms with E-state index in [1.165, 1.54) is 16.7 Å². The summed E-state index contributed by atoms with van der Waals surface area (Å²) in [5.74, 6) is 0.890. The Labute approximate surface area is 151 Å². The van der Waals surface area contributed by atoms with Crippen molar-refractivity contribution in [2.75, 3.05) is 45.8 Å². The molecule has 1 aromatic carbocycles. The summed E-state index contributed by atoms with van der Waals surface area (Å²) in [5.41, 5.74) is 4.01. The average molecular weight is 341 g/mol. The minimum Gasteiger partial charge on any atom is -0.342 e. The summed E-state index contributed by atoms with van der Waals surface area (Å²) in [6, 6.07) is 6.46. The zero-order valence-corrected chi connectivity index (χ0v) is 15.6. The molecule has 0 aliphatic carbocycles. The van der Waals surface area contributed by atoms with Gasteiger partial charge in [0, 0.05) is 39.3 Å². The van der Waals surface area contributed by atoms with Gasteiger partial charge in [-0.1, -0.05) is 30.4 Å². The van der Waals surface area contributed by atoms with Gasteiger partial charge in [0.25, 0.3) is 0 Å². The first-order valence-electron chi connectivity index (χ1n) is 9.59. The van der Waals surface area contributed by atoms with Gasteiger partial charge in [0.05, 0.1) is 6.54 Å². The lowest BCUT2D eigenvalue weighted by molar-refractivity contribution is -0.133. The molecule has 0 radical (unpaired) electrons. The maximum atomic E-state index is 12.5. The van der Waals surface area contributed by atoms with Crippen LogP contribution in [0.3, 0.4) is 0 Å². The Morgan fingerprint density at radius 1 is 1.12 bits per heavy atom. The molecule has 1 amide bonds. The molecule has 2 saturated heterocycles. The largest absolute Gasteiger partial charge is 0.342 e. The van der Waals surface area contributed by atoms with Crippen molar-refractivity contribution < 1.29 is 4.79 Å². The Morgan fingerprint density at radius 2 is 1.76 bits per heavy atom. The van der Waals surface area contributed by atoms with Crippen LogP contribution in [0.2, 0.25) is 0 Å². The zero-order valence-electron chi connectivity index (χ0n) is 15.6.